The summed E-state index contributed by atoms with van der Waals surface area (Å²) in [5.74, 6) is -0.659. The minimum Gasteiger partial charge on any atom is -0.343 e. The Morgan fingerprint density at radius 1 is 1.24 bits per heavy atom. The van der Waals surface area contributed by atoms with Gasteiger partial charge in [0.25, 0.3) is 11.8 Å². The van der Waals surface area contributed by atoms with Gasteiger partial charge in [-0.05, 0) is 36.1 Å². The van der Waals surface area contributed by atoms with Crippen molar-refractivity contribution in [1.29, 1.82) is 0 Å². The van der Waals surface area contributed by atoms with E-state index < -0.39 is 0 Å². The molecule has 0 saturated carbocycles. The van der Waals surface area contributed by atoms with Crippen LogP contribution in [-0.4, -0.2) is 24.6 Å². The standard InChI is InChI=1S/C15H15N3O2S/c1-11-7-8-21-13(11)9-17-18-14(19)10-16-15(20)12-5-3-2-4-6-12/h2-9H,10H2,1H3,(H,16,20)(H,18,19)/b17-9+. The minimum atomic E-state index is -0.371. The second-order valence-electron chi connectivity index (χ2n) is 4.31. The van der Waals surface area contributed by atoms with Crippen molar-refractivity contribution in [3.8, 4) is 0 Å². The smallest absolute Gasteiger partial charge is 0.259 e. The van der Waals surface area contributed by atoms with Gasteiger partial charge in [-0.1, -0.05) is 18.2 Å². The van der Waals surface area contributed by atoms with Crippen molar-refractivity contribution < 1.29 is 9.59 Å². The van der Waals surface area contributed by atoms with Gasteiger partial charge in [-0.15, -0.1) is 11.3 Å². The van der Waals surface area contributed by atoms with Crippen LogP contribution in [0.2, 0.25) is 0 Å². The minimum absolute atomic E-state index is 0.117. The average molecular weight is 301 g/mol. The second-order valence-corrected chi connectivity index (χ2v) is 5.26. The van der Waals surface area contributed by atoms with Crippen molar-refractivity contribution in [2.75, 3.05) is 6.54 Å². The zero-order chi connectivity index (χ0) is 15.1. The van der Waals surface area contributed by atoms with Crippen molar-refractivity contribution in [3.63, 3.8) is 0 Å². The van der Waals surface area contributed by atoms with E-state index in [1.165, 1.54) is 0 Å². The van der Waals surface area contributed by atoms with Crippen LogP contribution in [0.5, 0.6) is 0 Å². The van der Waals surface area contributed by atoms with E-state index in [2.05, 4.69) is 15.8 Å². The van der Waals surface area contributed by atoms with E-state index in [0.717, 1.165) is 10.4 Å². The van der Waals surface area contributed by atoms with E-state index >= 15 is 0 Å². The van der Waals surface area contributed by atoms with Gasteiger partial charge in [0.15, 0.2) is 0 Å². The number of hydrogen-bond donors (Lipinski definition) is 2. The molecule has 0 atom stereocenters. The Bertz CT molecular complexity index is 650. The monoisotopic (exact) mass is 301 g/mol. The molecule has 0 aliphatic rings. The number of hydrazone groups is 1. The lowest BCUT2D eigenvalue weighted by Gasteiger charge is -2.03. The normalized spacial score (nSPS) is 10.5. The third-order valence-electron chi connectivity index (χ3n) is 2.72. The number of thiophene rings is 1. The van der Waals surface area contributed by atoms with E-state index in [-0.39, 0.29) is 18.4 Å². The fourth-order valence-electron chi connectivity index (χ4n) is 1.57. The summed E-state index contributed by atoms with van der Waals surface area (Å²) >= 11 is 1.55. The molecule has 2 rings (SSSR count). The van der Waals surface area contributed by atoms with Crippen molar-refractivity contribution >= 4 is 29.4 Å². The number of rotatable bonds is 5. The number of benzene rings is 1. The zero-order valence-corrected chi connectivity index (χ0v) is 12.3. The molecule has 0 spiro atoms. The van der Waals surface area contributed by atoms with Crippen LogP contribution in [0.4, 0.5) is 0 Å². The summed E-state index contributed by atoms with van der Waals surface area (Å²) in [5, 5.41) is 8.35. The van der Waals surface area contributed by atoms with Gasteiger partial charge in [0, 0.05) is 10.4 Å². The van der Waals surface area contributed by atoms with Crippen LogP contribution in [0, 0.1) is 6.92 Å². The molecule has 1 aromatic heterocycles. The lowest BCUT2D eigenvalue weighted by molar-refractivity contribution is -0.120. The molecular weight excluding hydrogens is 286 g/mol. The van der Waals surface area contributed by atoms with Crippen LogP contribution in [0.3, 0.4) is 0 Å². The van der Waals surface area contributed by atoms with Gasteiger partial charge < -0.3 is 5.32 Å². The average Bonchev–Trinajstić information content (AvgIpc) is 2.91. The summed E-state index contributed by atoms with van der Waals surface area (Å²) < 4.78 is 0. The van der Waals surface area contributed by atoms with Crippen LogP contribution in [0.15, 0.2) is 46.9 Å². The highest BCUT2D eigenvalue weighted by Crippen LogP contribution is 2.12. The van der Waals surface area contributed by atoms with Gasteiger partial charge in [0.05, 0.1) is 12.8 Å². The van der Waals surface area contributed by atoms with Crippen molar-refractivity contribution in [2.24, 2.45) is 5.10 Å². The molecule has 21 heavy (non-hydrogen) atoms. The quantitative estimate of drug-likeness (QED) is 0.654. The van der Waals surface area contributed by atoms with Gasteiger partial charge >= 0.3 is 0 Å². The number of hydrogen-bond acceptors (Lipinski definition) is 4. The molecule has 2 N–H and O–H groups in total. The molecule has 0 aliphatic carbocycles. The van der Waals surface area contributed by atoms with Crippen molar-refractivity contribution in [2.45, 2.75) is 6.92 Å². The Hall–Kier alpha value is -2.47. The molecule has 2 amide bonds. The lowest BCUT2D eigenvalue weighted by atomic mass is 10.2. The molecule has 1 heterocycles. The van der Waals surface area contributed by atoms with Gasteiger partial charge in [-0.25, -0.2) is 5.43 Å². The van der Waals surface area contributed by atoms with E-state index in [4.69, 9.17) is 0 Å². The summed E-state index contributed by atoms with van der Waals surface area (Å²) in [6.45, 7) is 1.86. The SMILES string of the molecule is Cc1ccsc1/C=N/NC(=O)CNC(=O)c1ccccc1. The highest BCUT2D eigenvalue weighted by Gasteiger charge is 2.06. The number of aryl methyl sites for hydroxylation is 1. The molecule has 5 nitrogen and oxygen atoms in total. The molecule has 0 aliphatic heterocycles. The Balaban J connectivity index is 1.76. The molecular formula is C15H15N3O2S. The first kappa shape index (κ1) is 14.9. The number of nitrogens with zero attached hydrogens (tertiary/aromatic N) is 1. The maximum atomic E-state index is 11.7. The zero-order valence-electron chi connectivity index (χ0n) is 11.5. The molecule has 0 unspecified atom stereocenters. The van der Waals surface area contributed by atoms with Gasteiger partial charge in [0.1, 0.15) is 0 Å². The summed E-state index contributed by atoms with van der Waals surface area (Å²) in [4.78, 5) is 24.3. The fourth-order valence-corrected chi connectivity index (χ4v) is 2.36. The topological polar surface area (TPSA) is 70.6 Å². The molecule has 108 valence electrons. The van der Waals surface area contributed by atoms with Crippen LogP contribution in [-0.2, 0) is 4.79 Å². The van der Waals surface area contributed by atoms with E-state index in [1.54, 1.807) is 41.8 Å². The highest BCUT2D eigenvalue weighted by atomic mass is 32.1. The predicted molar refractivity (Wildman–Crippen MR) is 83.6 cm³/mol. The Morgan fingerprint density at radius 2 is 2.00 bits per heavy atom. The van der Waals surface area contributed by atoms with Crippen molar-refractivity contribution in [3.05, 3.63) is 57.8 Å². The molecule has 6 heteroatoms. The lowest BCUT2D eigenvalue weighted by Crippen LogP contribution is -2.34. The summed E-state index contributed by atoms with van der Waals surface area (Å²) in [7, 11) is 0. The van der Waals surface area contributed by atoms with Crippen LogP contribution in [0.1, 0.15) is 20.8 Å². The van der Waals surface area contributed by atoms with E-state index in [9.17, 15) is 9.59 Å². The van der Waals surface area contributed by atoms with Gasteiger partial charge in [0.2, 0.25) is 0 Å². The first-order valence-electron chi connectivity index (χ1n) is 6.36. The van der Waals surface area contributed by atoms with E-state index in [1.807, 2.05) is 24.4 Å². The molecule has 0 bridgehead atoms. The largest absolute Gasteiger partial charge is 0.343 e. The molecule has 2 aromatic rings. The molecule has 0 fully saturated rings. The Kier molecular flexibility index (Phi) is 5.22. The maximum absolute atomic E-state index is 11.7. The number of amides is 2. The molecule has 0 saturated heterocycles. The van der Waals surface area contributed by atoms with Crippen LogP contribution >= 0.6 is 11.3 Å². The third-order valence-corrected chi connectivity index (χ3v) is 3.67. The fraction of sp³-hybridized carbons (Fsp3) is 0.133. The summed E-state index contributed by atoms with van der Waals surface area (Å²) in [6, 6.07) is 10.7. The second kappa shape index (κ2) is 7.35. The number of nitrogens with one attached hydrogen (secondary N) is 2. The van der Waals surface area contributed by atoms with Crippen LogP contribution in [0.25, 0.3) is 0 Å². The third kappa shape index (κ3) is 4.54. The first-order valence-corrected chi connectivity index (χ1v) is 7.24. The predicted octanol–water partition coefficient (Wildman–Crippen LogP) is 1.94. The Morgan fingerprint density at radius 3 is 2.67 bits per heavy atom. The summed E-state index contributed by atoms with van der Waals surface area (Å²) in [6.07, 6.45) is 1.59. The highest BCUT2D eigenvalue weighted by molar-refractivity contribution is 7.11. The number of carbonyl (C=O) groups excluding carboxylic acids is 2. The van der Waals surface area contributed by atoms with Gasteiger partial charge in [-0.3, -0.25) is 9.59 Å². The van der Waals surface area contributed by atoms with Crippen LogP contribution < -0.4 is 10.7 Å². The maximum Gasteiger partial charge on any atom is 0.259 e. The van der Waals surface area contributed by atoms with E-state index in [0.29, 0.717) is 5.56 Å². The van der Waals surface area contributed by atoms with Gasteiger partial charge in [-0.2, -0.15) is 5.10 Å². The molecule has 1 aromatic carbocycles. The number of carbonyl (C=O) groups is 2. The summed E-state index contributed by atoms with van der Waals surface area (Å²) in [5.41, 5.74) is 4.00. The molecule has 0 radical (unpaired) electrons. The van der Waals surface area contributed by atoms with Crippen molar-refractivity contribution in [1.82, 2.24) is 10.7 Å². The Labute approximate surface area is 126 Å². The first-order chi connectivity index (χ1) is 10.2.